The van der Waals surface area contributed by atoms with Crippen molar-refractivity contribution in [2.75, 3.05) is 0 Å². The third-order valence-corrected chi connectivity index (χ3v) is 8.41. The molecule has 0 aromatic heterocycles. The zero-order valence-corrected chi connectivity index (χ0v) is 21.9. The van der Waals surface area contributed by atoms with Crippen LogP contribution in [0.15, 0.2) is 164 Å². The Hall–Kier alpha value is -4.68. The van der Waals surface area contributed by atoms with Gasteiger partial charge >= 0.3 is 0 Å². The number of benzene rings is 6. The molecule has 0 heteroatoms. The molecule has 0 nitrogen and oxygen atoms in total. The van der Waals surface area contributed by atoms with E-state index in [0.29, 0.717) is 0 Å². The number of hydrogen-bond donors (Lipinski definition) is 0. The largest absolute Gasteiger partial charge is 0.0622 e. The van der Waals surface area contributed by atoms with Crippen LogP contribution in [0.1, 0.15) is 44.9 Å². The SMILES string of the molecule is c1ccc([C@H](c2cccc3c2-c2ccccc2C3)C(c2ccccc2)(c2ccccc2)c2ccccc2)cc1. The van der Waals surface area contributed by atoms with Crippen LogP contribution < -0.4 is 0 Å². The third-order valence-electron chi connectivity index (χ3n) is 8.41. The fraction of sp³-hybridized carbons (Fsp3) is 0.0769. The highest BCUT2D eigenvalue weighted by Gasteiger charge is 2.46. The van der Waals surface area contributed by atoms with E-state index in [2.05, 4.69) is 164 Å². The molecular weight excluding hydrogens is 468 g/mol. The molecule has 0 aliphatic heterocycles. The van der Waals surface area contributed by atoms with E-state index in [4.69, 9.17) is 0 Å². The van der Waals surface area contributed by atoms with E-state index in [1.807, 2.05) is 0 Å². The van der Waals surface area contributed by atoms with Crippen molar-refractivity contribution < 1.29 is 0 Å². The van der Waals surface area contributed by atoms with Crippen LogP contribution in [0.2, 0.25) is 0 Å². The molecule has 7 rings (SSSR count). The zero-order valence-electron chi connectivity index (χ0n) is 21.9. The molecule has 0 saturated heterocycles. The van der Waals surface area contributed by atoms with Crippen LogP contribution in [0, 0.1) is 0 Å². The Morgan fingerprint density at radius 3 is 1.44 bits per heavy atom. The first-order valence-electron chi connectivity index (χ1n) is 13.8. The van der Waals surface area contributed by atoms with Crippen molar-refractivity contribution in [1.29, 1.82) is 0 Å². The molecular formula is C39H30. The topological polar surface area (TPSA) is 0 Å². The lowest BCUT2D eigenvalue weighted by molar-refractivity contribution is 0.538. The van der Waals surface area contributed by atoms with Crippen molar-refractivity contribution in [2.45, 2.75) is 17.8 Å². The average Bonchev–Trinajstić information content (AvgIpc) is 3.41. The number of fused-ring (bicyclic) bond motifs is 3. The van der Waals surface area contributed by atoms with Crippen molar-refractivity contribution in [3.05, 3.63) is 203 Å². The molecule has 0 saturated carbocycles. The molecule has 6 aromatic rings. The molecule has 0 N–H and O–H groups in total. The van der Waals surface area contributed by atoms with Crippen LogP contribution in [0.4, 0.5) is 0 Å². The zero-order chi connectivity index (χ0) is 26.1. The highest BCUT2D eigenvalue weighted by atomic mass is 14.5. The minimum absolute atomic E-state index is 0.0343. The molecule has 6 aromatic carbocycles. The lowest BCUT2D eigenvalue weighted by Crippen LogP contribution is -2.37. The minimum Gasteiger partial charge on any atom is -0.0622 e. The van der Waals surface area contributed by atoms with Crippen LogP contribution in [0.25, 0.3) is 11.1 Å². The van der Waals surface area contributed by atoms with E-state index in [1.165, 1.54) is 50.1 Å². The second kappa shape index (κ2) is 9.89. The van der Waals surface area contributed by atoms with Gasteiger partial charge in [0, 0.05) is 5.92 Å². The first kappa shape index (κ1) is 23.4. The van der Waals surface area contributed by atoms with E-state index < -0.39 is 5.41 Å². The van der Waals surface area contributed by atoms with Crippen molar-refractivity contribution in [1.82, 2.24) is 0 Å². The molecule has 186 valence electrons. The monoisotopic (exact) mass is 498 g/mol. The van der Waals surface area contributed by atoms with Crippen molar-refractivity contribution >= 4 is 0 Å². The minimum atomic E-state index is -0.461. The van der Waals surface area contributed by atoms with Gasteiger partial charge in [0.15, 0.2) is 0 Å². The average molecular weight is 499 g/mol. The first-order chi connectivity index (χ1) is 19.4. The molecule has 0 radical (unpaired) electrons. The quantitative estimate of drug-likeness (QED) is 0.200. The highest BCUT2D eigenvalue weighted by Crippen LogP contribution is 2.55. The second-order valence-electron chi connectivity index (χ2n) is 10.5. The molecule has 0 bridgehead atoms. The normalized spacial score (nSPS) is 12.9. The maximum atomic E-state index is 2.38. The molecule has 1 aliphatic rings. The van der Waals surface area contributed by atoms with E-state index in [0.717, 1.165) is 6.42 Å². The summed E-state index contributed by atoms with van der Waals surface area (Å²) < 4.78 is 0. The molecule has 0 amide bonds. The Bertz CT molecular complexity index is 1600. The predicted molar refractivity (Wildman–Crippen MR) is 162 cm³/mol. The van der Waals surface area contributed by atoms with Gasteiger partial charge in [-0.2, -0.15) is 0 Å². The van der Waals surface area contributed by atoms with Gasteiger partial charge in [0.1, 0.15) is 0 Å². The Morgan fingerprint density at radius 1 is 0.410 bits per heavy atom. The summed E-state index contributed by atoms with van der Waals surface area (Å²) in [5, 5.41) is 0. The lowest BCUT2D eigenvalue weighted by atomic mass is 9.57. The summed E-state index contributed by atoms with van der Waals surface area (Å²) in [4.78, 5) is 0. The predicted octanol–water partition coefficient (Wildman–Crippen LogP) is 9.42. The highest BCUT2D eigenvalue weighted by molar-refractivity contribution is 5.81. The lowest BCUT2D eigenvalue weighted by Gasteiger charge is -2.44. The molecule has 0 heterocycles. The fourth-order valence-corrected chi connectivity index (χ4v) is 6.87. The summed E-state index contributed by atoms with van der Waals surface area (Å²) in [6.45, 7) is 0. The standard InChI is InChI=1S/C39H30/c1-5-16-29(17-6-1)38(36-27-15-19-31-28-30-18-13-14-26-35(30)37(31)36)39(32-20-7-2-8-21-32,33-22-9-3-10-23-33)34-24-11-4-12-25-34/h1-27,38H,28H2/t38-/m1/s1. The fourth-order valence-electron chi connectivity index (χ4n) is 6.87. The summed E-state index contributed by atoms with van der Waals surface area (Å²) in [5.41, 5.74) is 11.7. The van der Waals surface area contributed by atoms with Gasteiger partial charge in [0.2, 0.25) is 0 Å². The summed E-state index contributed by atoms with van der Waals surface area (Å²) in [5.74, 6) is 0.0343. The Balaban J connectivity index is 1.65. The smallest absolute Gasteiger partial charge is 0.0560 e. The summed E-state index contributed by atoms with van der Waals surface area (Å²) in [6.07, 6.45) is 0.982. The van der Waals surface area contributed by atoms with Crippen molar-refractivity contribution in [3.8, 4) is 11.1 Å². The van der Waals surface area contributed by atoms with Gasteiger partial charge in [-0.3, -0.25) is 0 Å². The Kier molecular flexibility index (Phi) is 5.94. The molecule has 0 fully saturated rings. The van der Waals surface area contributed by atoms with Gasteiger partial charge in [0.25, 0.3) is 0 Å². The van der Waals surface area contributed by atoms with Gasteiger partial charge in [-0.1, -0.05) is 164 Å². The van der Waals surface area contributed by atoms with Crippen LogP contribution in [0.5, 0.6) is 0 Å². The van der Waals surface area contributed by atoms with E-state index >= 15 is 0 Å². The number of rotatable bonds is 6. The van der Waals surface area contributed by atoms with Crippen LogP contribution >= 0.6 is 0 Å². The van der Waals surface area contributed by atoms with Crippen molar-refractivity contribution in [2.24, 2.45) is 0 Å². The maximum absolute atomic E-state index is 2.38. The maximum Gasteiger partial charge on any atom is 0.0560 e. The van der Waals surface area contributed by atoms with Crippen LogP contribution in [-0.2, 0) is 11.8 Å². The second-order valence-corrected chi connectivity index (χ2v) is 10.5. The van der Waals surface area contributed by atoms with Crippen molar-refractivity contribution in [3.63, 3.8) is 0 Å². The summed E-state index contributed by atoms with van der Waals surface area (Å²) in [6, 6.07) is 60.4. The molecule has 39 heavy (non-hydrogen) atoms. The van der Waals surface area contributed by atoms with E-state index in [-0.39, 0.29) is 5.92 Å². The number of hydrogen-bond acceptors (Lipinski definition) is 0. The first-order valence-corrected chi connectivity index (χ1v) is 13.8. The molecule has 1 aliphatic carbocycles. The van der Waals surface area contributed by atoms with Gasteiger partial charge in [-0.05, 0) is 56.5 Å². The van der Waals surface area contributed by atoms with Crippen LogP contribution in [0.3, 0.4) is 0 Å². The van der Waals surface area contributed by atoms with Gasteiger partial charge in [-0.15, -0.1) is 0 Å². The summed E-state index contributed by atoms with van der Waals surface area (Å²) >= 11 is 0. The van der Waals surface area contributed by atoms with E-state index in [1.54, 1.807) is 0 Å². The van der Waals surface area contributed by atoms with Gasteiger partial charge in [-0.25, -0.2) is 0 Å². The summed E-state index contributed by atoms with van der Waals surface area (Å²) in [7, 11) is 0. The molecule has 0 spiro atoms. The molecule has 1 atom stereocenters. The molecule has 0 unspecified atom stereocenters. The van der Waals surface area contributed by atoms with Gasteiger partial charge < -0.3 is 0 Å². The third kappa shape index (κ3) is 3.83. The Labute approximate surface area is 231 Å². The van der Waals surface area contributed by atoms with Crippen LogP contribution in [-0.4, -0.2) is 0 Å². The Morgan fingerprint density at radius 2 is 0.872 bits per heavy atom. The van der Waals surface area contributed by atoms with Gasteiger partial charge in [0.05, 0.1) is 5.41 Å². The van der Waals surface area contributed by atoms with E-state index in [9.17, 15) is 0 Å².